The van der Waals surface area contributed by atoms with E-state index in [9.17, 15) is 26.4 Å². The van der Waals surface area contributed by atoms with Gasteiger partial charge in [-0.1, -0.05) is 6.07 Å². The Hall–Kier alpha value is -1.57. The molecule has 1 unspecified atom stereocenters. The molecule has 0 N–H and O–H groups in total. The highest BCUT2D eigenvalue weighted by atomic mass is 32.2. The molecule has 0 bridgehead atoms. The summed E-state index contributed by atoms with van der Waals surface area (Å²) in [7, 11) is -4.04. The quantitative estimate of drug-likeness (QED) is 0.782. The number of alkyl halides is 3. The van der Waals surface area contributed by atoms with Crippen molar-refractivity contribution < 1.29 is 31.1 Å². The van der Waals surface area contributed by atoms with Crippen LogP contribution >= 0.6 is 0 Å². The molecule has 118 valence electrons. The molecule has 8 heteroatoms. The van der Waals surface area contributed by atoms with Crippen LogP contribution in [0.3, 0.4) is 0 Å². The maximum Gasteiger partial charge on any atom is 0.416 e. The van der Waals surface area contributed by atoms with Crippen molar-refractivity contribution in [1.82, 2.24) is 0 Å². The first-order chi connectivity index (χ1) is 9.59. The van der Waals surface area contributed by atoms with Crippen molar-refractivity contribution in [2.45, 2.75) is 36.6 Å². The van der Waals surface area contributed by atoms with Gasteiger partial charge in [-0.25, -0.2) is 8.42 Å². The van der Waals surface area contributed by atoms with Gasteiger partial charge >= 0.3 is 12.1 Å². The number of hydrogen-bond acceptors (Lipinski definition) is 4. The van der Waals surface area contributed by atoms with Crippen molar-refractivity contribution in [3.8, 4) is 0 Å². The molecule has 0 amide bonds. The van der Waals surface area contributed by atoms with Crippen molar-refractivity contribution in [2.75, 3.05) is 6.61 Å². The number of ether oxygens (including phenoxy) is 1. The van der Waals surface area contributed by atoms with Crippen LogP contribution in [0.25, 0.3) is 0 Å². The van der Waals surface area contributed by atoms with Crippen molar-refractivity contribution >= 4 is 15.8 Å². The zero-order valence-electron chi connectivity index (χ0n) is 11.5. The van der Waals surface area contributed by atoms with Gasteiger partial charge in [-0.05, 0) is 32.0 Å². The topological polar surface area (TPSA) is 60.4 Å². The van der Waals surface area contributed by atoms with Gasteiger partial charge in [0.2, 0.25) is 0 Å². The van der Waals surface area contributed by atoms with E-state index in [1.807, 2.05) is 0 Å². The second kappa shape index (κ2) is 6.46. The van der Waals surface area contributed by atoms with Crippen LogP contribution in [0.1, 0.15) is 25.8 Å². The maximum atomic E-state index is 12.6. The molecule has 0 heterocycles. The molecular weight excluding hydrogens is 309 g/mol. The second-order valence-corrected chi connectivity index (χ2v) is 6.76. The van der Waals surface area contributed by atoms with E-state index < -0.39 is 44.1 Å². The minimum atomic E-state index is -4.63. The number of esters is 1. The zero-order chi connectivity index (χ0) is 16.3. The third kappa shape index (κ3) is 4.45. The fraction of sp³-hybridized carbons (Fsp3) is 0.462. The van der Waals surface area contributed by atoms with Crippen LogP contribution in [-0.4, -0.2) is 26.2 Å². The molecule has 21 heavy (non-hydrogen) atoms. The summed E-state index contributed by atoms with van der Waals surface area (Å²) in [5, 5.41) is -1.17. The Balaban J connectivity index is 3.05. The highest BCUT2D eigenvalue weighted by molar-refractivity contribution is 7.92. The van der Waals surface area contributed by atoms with Crippen LogP contribution in [0.5, 0.6) is 0 Å². The van der Waals surface area contributed by atoms with Crippen LogP contribution in [-0.2, 0) is 25.5 Å². The van der Waals surface area contributed by atoms with Gasteiger partial charge in [0, 0.05) is 0 Å². The van der Waals surface area contributed by atoms with E-state index in [0.717, 1.165) is 18.2 Å². The van der Waals surface area contributed by atoms with Crippen LogP contribution in [0, 0.1) is 0 Å². The summed E-state index contributed by atoms with van der Waals surface area (Å²) in [6, 6.07) is 3.45. The molecule has 0 aliphatic carbocycles. The van der Waals surface area contributed by atoms with E-state index in [2.05, 4.69) is 4.74 Å². The third-order valence-corrected chi connectivity index (χ3v) is 4.92. The van der Waals surface area contributed by atoms with E-state index in [4.69, 9.17) is 0 Å². The number of hydrogen-bond donors (Lipinski definition) is 0. The Morgan fingerprint density at radius 2 is 1.95 bits per heavy atom. The van der Waals surface area contributed by atoms with Gasteiger partial charge in [-0.3, -0.25) is 4.79 Å². The molecule has 1 aromatic carbocycles. The van der Waals surface area contributed by atoms with Gasteiger partial charge in [-0.15, -0.1) is 0 Å². The first kappa shape index (κ1) is 17.5. The Kier molecular flexibility index (Phi) is 5.38. The molecule has 0 saturated carbocycles. The van der Waals surface area contributed by atoms with E-state index in [1.165, 1.54) is 6.92 Å². The van der Waals surface area contributed by atoms with Gasteiger partial charge < -0.3 is 4.74 Å². The molecule has 0 aliphatic rings. The van der Waals surface area contributed by atoms with Gasteiger partial charge in [0.25, 0.3) is 0 Å². The smallest absolute Gasteiger partial charge is 0.416 e. The minimum Gasteiger partial charge on any atom is -0.466 e. The first-order valence-electron chi connectivity index (χ1n) is 6.15. The summed E-state index contributed by atoms with van der Waals surface area (Å²) in [5.74, 6) is -0.708. The van der Waals surface area contributed by atoms with Gasteiger partial charge in [-0.2, -0.15) is 13.2 Å². The first-order valence-corrected chi connectivity index (χ1v) is 7.70. The molecule has 1 rings (SSSR count). The summed E-state index contributed by atoms with van der Waals surface area (Å²) in [6.45, 7) is 2.94. The lowest BCUT2D eigenvalue weighted by Gasteiger charge is -2.14. The number of carbonyl (C=O) groups excluding carboxylic acids is 1. The molecule has 1 aromatic rings. The maximum absolute atomic E-state index is 12.6. The molecular formula is C13H15F3O4S. The van der Waals surface area contributed by atoms with Crippen molar-refractivity contribution in [3.05, 3.63) is 29.8 Å². The highest BCUT2D eigenvalue weighted by Gasteiger charge is 2.33. The Labute approximate surface area is 120 Å². The summed E-state index contributed by atoms with van der Waals surface area (Å²) >= 11 is 0. The predicted molar refractivity (Wildman–Crippen MR) is 69.3 cm³/mol. The lowest BCUT2D eigenvalue weighted by Crippen LogP contribution is -2.23. The molecule has 1 atom stereocenters. The lowest BCUT2D eigenvalue weighted by atomic mass is 10.2. The van der Waals surface area contributed by atoms with Crippen LogP contribution < -0.4 is 0 Å². The monoisotopic (exact) mass is 324 g/mol. The molecule has 0 spiro atoms. The normalized spacial score (nSPS) is 13.8. The molecule has 4 nitrogen and oxygen atoms in total. The fourth-order valence-corrected chi connectivity index (χ4v) is 3.03. The van der Waals surface area contributed by atoms with Gasteiger partial charge in [0.15, 0.2) is 9.84 Å². The van der Waals surface area contributed by atoms with Crippen LogP contribution in [0.15, 0.2) is 29.2 Å². The molecule has 0 fully saturated rings. The molecule has 0 aliphatic heterocycles. The van der Waals surface area contributed by atoms with Crippen molar-refractivity contribution in [1.29, 1.82) is 0 Å². The Bertz CT molecular complexity index is 608. The number of carbonyl (C=O) groups is 1. The average Bonchev–Trinajstić information content (AvgIpc) is 2.38. The summed E-state index contributed by atoms with van der Waals surface area (Å²) < 4.78 is 66.8. The van der Waals surface area contributed by atoms with Crippen molar-refractivity contribution in [2.24, 2.45) is 0 Å². The summed E-state index contributed by atoms with van der Waals surface area (Å²) in [4.78, 5) is 10.8. The van der Waals surface area contributed by atoms with Gasteiger partial charge in [0.05, 0.1) is 28.7 Å². The third-order valence-electron chi connectivity index (χ3n) is 2.78. The Morgan fingerprint density at radius 3 is 2.48 bits per heavy atom. The fourth-order valence-electron chi connectivity index (χ4n) is 1.65. The highest BCUT2D eigenvalue weighted by Crippen LogP contribution is 2.31. The summed E-state index contributed by atoms with van der Waals surface area (Å²) in [6.07, 6.45) is -5.04. The summed E-state index contributed by atoms with van der Waals surface area (Å²) in [5.41, 5.74) is -1.05. The van der Waals surface area contributed by atoms with Gasteiger partial charge in [0.1, 0.15) is 0 Å². The lowest BCUT2D eigenvalue weighted by molar-refractivity contribution is -0.143. The number of benzene rings is 1. The standard InChI is InChI=1S/C13H15F3O4S/c1-3-20-12(17)7-9(2)21(18,19)11-6-4-5-10(8-11)13(14,15)16/h4-6,8-9H,3,7H2,1-2H3. The van der Waals surface area contributed by atoms with E-state index >= 15 is 0 Å². The molecule has 0 saturated heterocycles. The predicted octanol–water partition coefficient (Wildman–Crippen LogP) is 2.82. The molecule has 0 radical (unpaired) electrons. The molecule has 0 aromatic heterocycles. The average molecular weight is 324 g/mol. The van der Waals surface area contributed by atoms with E-state index in [0.29, 0.717) is 6.07 Å². The second-order valence-electron chi connectivity index (χ2n) is 4.39. The number of sulfone groups is 1. The minimum absolute atomic E-state index is 0.106. The number of rotatable bonds is 5. The SMILES string of the molecule is CCOC(=O)CC(C)S(=O)(=O)c1cccc(C(F)(F)F)c1. The van der Waals surface area contributed by atoms with Crippen molar-refractivity contribution in [3.63, 3.8) is 0 Å². The zero-order valence-corrected chi connectivity index (χ0v) is 12.3. The van der Waals surface area contributed by atoms with E-state index in [1.54, 1.807) is 6.92 Å². The van der Waals surface area contributed by atoms with E-state index in [-0.39, 0.29) is 6.61 Å². The van der Waals surface area contributed by atoms with Crippen LogP contribution in [0.4, 0.5) is 13.2 Å². The van der Waals surface area contributed by atoms with Crippen LogP contribution in [0.2, 0.25) is 0 Å². The Morgan fingerprint density at radius 1 is 1.33 bits per heavy atom. The largest absolute Gasteiger partial charge is 0.466 e. The number of halogens is 3.